The molecule has 0 amide bonds. The van der Waals surface area contributed by atoms with Gasteiger partial charge in [-0.1, -0.05) is 33.6 Å². The van der Waals surface area contributed by atoms with Crippen LogP contribution in [0, 0.1) is 11.8 Å². The van der Waals surface area contributed by atoms with Crippen molar-refractivity contribution in [1.29, 1.82) is 0 Å². The molecule has 2 rings (SSSR count). The summed E-state index contributed by atoms with van der Waals surface area (Å²) in [6.07, 6.45) is 12.5. The minimum absolute atomic E-state index is 0.309. The number of nitrogens with one attached hydrogen (secondary N) is 1. The Kier molecular flexibility index (Phi) is 6.35. The van der Waals surface area contributed by atoms with E-state index in [9.17, 15) is 0 Å². The topological polar surface area (TPSA) is 21.3 Å². The molecule has 2 unspecified atom stereocenters. The van der Waals surface area contributed by atoms with Crippen LogP contribution in [-0.2, 0) is 4.74 Å². The summed E-state index contributed by atoms with van der Waals surface area (Å²) in [4.78, 5) is 0. The molecule has 0 aromatic rings. The zero-order valence-corrected chi connectivity index (χ0v) is 13.9. The first-order chi connectivity index (χ1) is 9.63. The fourth-order valence-electron chi connectivity index (χ4n) is 4.23. The molecule has 0 aromatic heterocycles. The number of ether oxygens (including phenoxy) is 1. The van der Waals surface area contributed by atoms with Gasteiger partial charge < -0.3 is 10.1 Å². The molecule has 2 nitrogen and oxygen atoms in total. The maximum Gasteiger partial charge on any atom is 0.0687 e. The van der Waals surface area contributed by atoms with Crippen LogP contribution in [-0.4, -0.2) is 24.8 Å². The Bertz CT molecular complexity index is 271. The van der Waals surface area contributed by atoms with E-state index in [1.165, 1.54) is 64.3 Å². The highest BCUT2D eigenvalue weighted by Gasteiger charge is 2.42. The molecule has 1 heterocycles. The molecule has 2 fully saturated rings. The van der Waals surface area contributed by atoms with Crippen molar-refractivity contribution in [2.24, 2.45) is 11.8 Å². The van der Waals surface area contributed by atoms with Crippen molar-refractivity contribution in [3.8, 4) is 0 Å². The molecular formula is C18H35NO. The van der Waals surface area contributed by atoms with Gasteiger partial charge in [-0.3, -0.25) is 0 Å². The summed E-state index contributed by atoms with van der Waals surface area (Å²) in [6, 6.07) is 0. The SMILES string of the molecule is CCCNCC(CC(C)C)CC1CCC2(CCCC2)O1. The lowest BCUT2D eigenvalue weighted by Crippen LogP contribution is -2.29. The van der Waals surface area contributed by atoms with Gasteiger partial charge in [0.1, 0.15) is 0 Å². The molecule has 1 saturated carbocycles. The molecule has 20 heavy (non-hydrogen) atoms. The summed E-state index contributed by atoms with van der Waals surface area (Å²) in [7, 11) is 0. The fraction of sp³-hybridized carbons (Fsp3) is 1.00. The van der Waals surface area contributed by atoms with Crippen LogP contribution < -0.4 is 5.32 Å². The molecule has 118 valence electrons. The molecule has 0 aromatic carbocycles. The minimum atomic E-state index is 0.309. The van der Waals surface area contributed by atoms with Crippen LogP contribution in [0.3, 0.4) is 0 Å². The summed E-state index contributed by atoms with van der Waals surface area (Å²) < 4.78 is 6.50. The lowest BCUT2D eigenvalue weighted by molar-refractivity contribution is -0.0449. The largest absolute Gasteiger partial charge is 0.372 e. The second-order valence-electron chi connectivity index (χ2n) is 7.60. The second kappa shape index (κ2) is 7.79. The summed E-state index contributed by atoms with van der Waals surface area (Å²) in [5.74, 6) is 1.59. The van der Waals surface area contributed by atoms with Gasteiger partial charge in [0.25, 0.3) is 0 Å². The third-order valence-electron chi connectivity index (χ3n) is 5.11. The molecule has 2 aliphatic rings. The van der Waals surface area contributed by atoms with Crippen LogP contribution in [0.1, 0.15) is 78.6 Å². The molecule has 0 radical (unpaired) electrons. The van der Waals surface area contributed by atoms with E-state index in [4.69, 9.17) is 4.74 Å². The van der Waals surface area contributed by atoms with Crippen molar-refractivity contribution in [1.82, 2.24) is 5.32 Å². The van der Waals surface area contributed by atoms with Gasteiger partial charge in [-0.05, 0) is 69.9 Å². The fourth-order valence-corrected chi connectivity index (χ4v) is 4.23. The van der Waals surface area contributed by atoms with Crippen molar-refractivity contribution >= 4 is 0 Å². The van der Waals surface area contributed by atoms with Crippen molar-refractivity contribution in [2.45, 2.75) is 90.3 Å². The maximum atomic E-state index is 6.50. The third-order valence-corrected chi connectivity index (χ3v) is 5.11. The van der Waals surface area contributed by atoms with Crippen molar-refractivity contribution < 1.29 is 4.74 Å². The smallest absolute Gasteiger partial charge is 0.0687 e. The van der Waals surface area contributed by atoms with Crippen LogP contribution in [0.15, 0.2) is 0 Å². The van der Waals surface area contributed by atoms with Crippen molar-refractivity contribution in [3.63, 3.8) is 0 Å². The standard InChI is InChI=1S/C18H35NO/c1-4-11-19-14-16(12-15(2)3)13-17-7-10-18(20-17)8-5-6-9-18/h15-17,19H,4-14H2,1-3H3. The van der Waals surface area contributed by atoms with Gasteiger partial charge in [0.05, 0.1) is 11.7 Å². The molecule has 1 aliphatic heterocycles. The van der Waals surface area contributed by atoms with E-state index in [-0.39, 0.29) is 0 Å². The first kappa shape index (κ1) is 16.3. The van der Waals surface area contributed by atoms with Crippen LogP contribution in [0.2, 0.25) is 0 Å². The lowest BCUT2D eigenvalue weighted by atomic mass is 9.90. The van der Waals surface area contributed by atoms with Crippen LogP contribution in [0.5, 0.6) is 0 Å². The van der Waals surface area contributed by atoms with E-state index < -0.39 is 0 Å². The molecule has 1 spiro atoms. The van der Waals surface area contributed by atoms with Crippen LogP contribution >= 0.6 is 0 Å². The number of hydrogen-bond acceptors (Lipinski definition) is 2. The van der Waals surface area contributed by atoms with Crippen LogP contribution in [0.25, 0.3) is 0 Å². The van der Waals surface area contributed by atoms with E-state index in [2.05, 4.69) is 26.1 Å². The molecule has 1 N–H and O–H groups in total. The lowest BCUT2D eigenvalue weighted by Gasteiger charge is -2.27. The van der Waals surface area contributed by atoms with E-state index >= 15 is 0 Å². The van der Waals surface area contributed by atoms with Gasteiger partial charge in [0, 0.05) is 0 Å². The highest BCUT2D eigenvalue weighted by molar-refractivity contribution is 4.93. The van der Waals surface area contributed by atoms with Gasteiger partial charge in [0.15, 0.2) is 0 Å². The average Bonchev–Trinajstić information content (AvgIpc) is 3.00. The first-order valence-electron chi connectivity index (χ1n) is 9.02. The Hall–Kier alpha value is -0.0800. The van der Waals surface area contributed by atoms with Gasteiger partial charge in [-0.2, -0.15) is 0 Å². The summed E-state index contributed by atoms with van der Waals surface area (Å²) in [6.45, 7) is 9.28. The van der Waals surface area contributed by atoms with E-state index in [1.807, 2.05) is 0 Å². The predicted octanol–water partition coefficient (Wildman–Crippen LogP) is 4.53. The zero-order chi connectivity index (χ0) is 14.4. The maximum absolute atomic E-state index is 6.50. The first-order valence-corrected chi connectivity index (χ1v) is 9.02. The summed E-state index contributed by atoms with van der Waals surface area (Å²) in [5, 5.41) is 3.62. The Labute approximate surface area is 126 Å². The quantitative estimate of drug-likeness (QED) is 0.660. The van der Waals surface area contributed by atoms with Crippen molar-refractivity contribution in [2.75, 3.05) is 13.1 Å². The predicted molar refractivity (Wildman–Crippen MR) is 86.0 cm³/mol. The summed E-state index contributed by atoms with van der Waals surface area (Å²) >= 11 is 0. The molecule has 0 bridgehead atoms. The number of hydrogen-bond donors (Lipinski definition) is 1. The molecule has 2 heteroatoms. The van der Waals surface area contributed by atoms with Gasteiger partial charge >= 0.3 is 0 Å². The second-order valence-corrected chi connectivity index (χ2v) is 7.60. The summed E-state index contributed by atoms with van der Waals surface area (Å²) in [5.41, 5.74) is 0.309. The van der Waals surface area contributed by atoms with E-state index in [1.54, 1.807) is 0 Å². The molecule has 2 atom stereocenters. The van der Waals surface area contributed by atoms with Gasteiger partial charge in [0.2, 0.25) is 0 Å². The molecular weight excluding hydrogens is 246 g/mol. The van der Waals surface area contributed by atoms with E-state index in [0.717, 1.165) is 18.4 Å². The third kappa shape index (κ3) is 4.73. The monoisotopic (exact) mass is 281 g/mol. The normalized spacial score (nSPS) is 26.7. The minimum Gasteiger partial charge on any atom is -0.372 e. The van der Waals surface area contributed by atoms with Crippen LogP contribution in [0.4, 0.5) is 0 Å². The van der Waals surface area contributed by atoms with E-state index in [0.29, 0.717) is 11.7 Å². The van der Waals surface area contributed by atoms with Gasteiger partial charge in [-0.25, -0.2) is 0 Å². The van der Waals surface area contributed by atoms with Crippen molar-refractivity contribution in [3.05, 3.63) is 0 Å². The Morgan fingerprint density at radius 3 is 2.60 bits per heavy atom. The number of rotatable bonds is 8. The highest BCUT2D eigenvalue weighted by Crippen LogP contribution is 2.44. The van der Waals surface area contributed by atoms with Gasteiger partial charge in [-0.15, -0.1) is 0 Å². The average molecular weight is 281 g/mol. The Balaban J connectivity index is 1.78. The zero-order valence-electron chi connectivity index (χ0n) is 13.9. The Morgan fingerprint density at radius 1 is 1.20 bits per heavy atom. The highest BCUT2D eigenvalue weighted by atomic mass is 16.5. The Morgan fingerprint density at radius 2 is 1.95 bits per heavy atom. The molecule has 1 aliphatic carbocycles. The molecule has 1 saturated heterocycles.